The second-order valence-electron chi connectivity index (χ2n) is 5.14. The summed E-state index contributed by atoms with van der Waals surface area (Å²) in [7, 11) is 0. The zero-order chi connectivity index (χ0) is 12.5. The second-order valence-corrected chi connectivity index (χ2v) is 6.39. The summed E-state index contributed by atoms with van der Waals surface area (Å²) in [6.07, 6.45) is 5.55. The largest absolute Gasteiger partial charge is 0.375 e. The van der Waals surface area contributed by atoms with Gasteiger partial charge in [0.25, 0.3) is 0 Å². The summed E-state index contributed by atoms with van der Waals surface area (Å²) in [6, 6.07) is 7.80. The molecule has 3 saturated heterocycles. The molecule has 0 spiro atoms. The van der Waals surface area contributed by atoms with Gasteiger partial charge in [0.15, 0.2) is 5.78 Å². The maximum absolute atomic E-state index is 12.2. The Morgan fingerprint density at radius 1 is 1.22 bits per heavy atom. The topological polar surface area (TPSA) is 20.3 Å². The molecule has 4 rings (SSSR count). The molecule has 2 bridgehead atoms. The van der Waals surface area contributed by atoms with Gasteiger partial charge in [-0.05, 0) is 59.9 Å². The van der Waals surface area contributed by atoms with E-state index in [0.29, 0.717) is 0 Å². The van der Waals surface area contributed by atoms with Gasteiger partial charge in [-0.25, -0.2) is 0 Å². The molecule has 3 heteroatoms. The molecule has 3 fully saturated rings. The summed E-state index contributed by atoms with van der Waals surface area (Å²) < 4.78 is 1.16. The Kier molecular flexibility index (Phi) is 3.41. The molecule has 3 aliphatic heterocycles. The number of carbonyl (C=O) groups excluding carboxylic acids is 1. The predicted octanol–water partition coefficient (Wildman–Crippen LogP) is 3.47. The Labute approximate surface area is 121 Å². The molecule has 0 aliphatic carbocycles. The molecular weight excluding hydrogens is 337 g/mol. The third-order valence-electron chi connectivity index (χ3n) is 3.94. The van der Waals surface area contributed by atoms with Crippen LogP contribution in [-0.2, 0) is 0 Å². The summed E-state index contributed by atoms with van der Waals surface area (Å²) in [6.45, 7) is 2.27. The standard InChI is InChI=1S/C15H16INO/c16-13-3-1-12(2-4-13)15(18)10-14-9-11-5-7-17(14)8-6-11/h1-4,10-11H,5-9H2/b14-10+. The Morgan fingerprint density at radius 2 is 1.89 bits per heavy atom. The van der Waals surface area contributed by atoms with Crippen molar-refractivity contribution in [2.45, 2.75) is 19.3 Å². The highest BCUT2D eigenvalue weighted by molar-refractivity contribution is 14.1. The van der Waals surface area contributed by atoms with Gasteiger partial charge in [-0.1, -0.05) is 12.1 Å². The van der Waals surface area contributed by atoms with Crippen molar-refractivity contribution in [2.75, 3.05) is 13.1 Å². The number of ketones is 1. The molecular formula is C15H16INO. The van der Waals surface area contributed by atoms with Crippen molar-refractivity contribution in [1.29, 1.82) is 0 Å². The Hall–Kier alpha value is -0.840. The van der Waals surface area contributed by atoms with E-state index in [2.05, 4.69) is 27.5 Å². The van der Waals surface area contributed by atoms with Crippen LogP contribution in [0, 0.1) is 9.49 Å². The van der Waals surface area contributed by atoms with E-state index >= 15 is 0 Å². The van der Waals surface area contributed by atoms with Gasteiger partial charge >= 0.3 is 0 Å². The molecule has 1 aromatic rings. The minimum absolute atomic E-state index is 0.147. The normalized spacial score (nSPS) is 21.6. The lowest BCUT2D eigenvalue weighted by Gasteiger charge is -2.42. The molecule has 18 heavy (non-hydrogen) atoms. The van der Waals surface area contributed by atoms with Gasteiger partial charge in [-0.2, -0.15) is 0 Å². The van der Waals surface area contributed by atoms with E-state index in [9.17, 15) is 4.79 Å². The number of nitrogens with zero attached hydrogens (tertiary/aromatic N) is 1. The zero-order valence-corrected chi connectivity index (χ0v) is 12.4. The highest BCUT2D eigenvalue weighted by Crippen LogP contribution is 2.34. The minimum atomic E-state index is 0.147. The summed E-state index contributed by atoms with van der Waals surface area (Å²) in [4.78, 5) is 14.6. The number of allylic oxidation sites excluding steroid dienone is 2. The number of benzene rings is 1. The van der Waals surface area contributed by atoms with Crippen molar-refractivity contribution in [3.8, 4) is 0 Å². The lowest BCUT2D eigenvalue weighted by molar-refractivity contribution is 0.103. The highest BCUT2D eigenvalue weighted by atomic mass is 127. The van der Waals surface area contributed by atoms with Crippen LogP contribution in [0.4, 0.5) is 0 Å². The van der Waals surface area contributed by atoms with E-state index in [1.54, 1.807) is 0 Å². The number of hydrogen-bond donors (Lipinski definition) is 0. The first kappa shape index (κ1) is 12.2. The van der Waals surface area contributed by atoms with Gasteiger partial charge in [0.05, 0.1) is 0 Å². The van der Waals surface area contributed by atoms with E-state index in [1.807, 2.05) is 30.3 Å². The predicted molar refractivity (Wildman–Crippen MR) is 80.5 cm³/mol. The molecule has 0 N–H and O–H groups in total. The molecule has 0 radical (unpaired) electrons. The van der Waals surface area contributed by atoms with Crippen LogP contribution in [-0.4, -0.2) is 23.8 Å². The summed E-state index contributed by atoms with van der Waals surface area (Å²) in [5.74, 6) is 0.958. The third-order valence-corrected chi connectivity index (χ3v) is 4.66. The van der Waals surface area contributed by atoms with Crippen LogP contribution in [0.5, 0.6) is 0 Å². The Balaban J connectivity index is 1.79. The van der Waals surface area contributed by atoms with Crippen LogP contribution >= 0.6 is 22.6 Å². The molecule has 3 heterocycles. The van der Waals surface area contributed by atoms with E-state index in [0.717, 1.165) is 34.6 Å². The van der Waals surface area contributed by atoms with Crippen molar-refractivity contribution in [3.05, 3.63) is 45.2 Å². The summed E-state index contributed by atoms with van der Waals surface area (Å²) in [5, 5.41) is 0. The lowest BCUT2D eigenvalue weighted by Crippen LogP contribution is -2.39. The van der Waals surface area contributed by atoms with E-state index in [1.165, 1.54) is 18.5 Å². The molecule has 0 atom stereocenters. The molecule has 2 nitrogen and oxygen atoms in total. The lowest BCUT2D eigenvalue weighted by atomic mass is 9.85. The van der Waals surface area contributed by atoms with Crippen LogP contribution < -0.4 is 0 Å². The number of piperidine rings is 3. The second kappa shape index (κ2) is 5.03. The molecule has 94 valence electrons. The number of hydrogen-bond acceptors (Lipinski definition) is 2. The molecule has 1 aromatic carbocycles. The van der Waals surface area contributed by atoms with Crippen molar-refractivity contribution < 1.29 is 4.79 Å². The Morgan fingerprint density at radius 3 is 2.44 bits per heavy atom. The van der Waals surface area contributed by atoms with E-state index in [4.69, 9.17) is 0 Å². The third kappa shape index (κ3) is 2.46. The zero-order valence-electron chi connectivity index (χ0n) is 10.2. The first-order chi connectivity index (χ1) is 8.72. The molecule has 3 aliphatic rings. The van der Waals surface area contributed by atoms with Gasteiger partial charge in [-0.3, -0.25) is 4.79 Å². The van der Waals surface area contributed by atoms with E-state index < -0.39 is 0 Å². The molecule has 0 aromatic heterocycles. The summed E-state index contributed by atoms with van der Waals surface area (Å²) >= 11 is 2.26. The first-order valence-electron chi connectivity index (χ1n) is 6.48. The van der Waals surface area contributed by atoms with Gasteiger partial charge in [0.2, 0.25) is 0 Å². The summed E-state index contributed by atoms with van der Waals surface area (Å²) in [5.41, 5.74) is 2.05. The van der Waals surface area contributed by atoms with Gasteiger partial charge in [0, 0.05) is 34.0 Å². The average molecular weight is 353 g/mol. The average Bonchev–Trinajstić information content (AvgIpc) is 2.41. The van der Waals surface area contributed by atoms with Crippen molar-refractivity contribution >= 4 is 28.4 Å². The maximum atomic E-state index is 12.2. The fourth-order valence-corrected chi connectivity index (χ4v) is 3.21. The first-order valence-corrected chi connectivity index (χ1v) is 7.55. The minimum Gasteiger partial charge on any atom is -0.375 e. The van der Waals surface area contributed by atoms with Gasteiger partial charge in [-0.15, -0.1) is 0 Å². The SMILES string of the molecule is O=C(/C=C1\CC2CCN1CC2)c1ccc(I)cc1. The number of rotatable bonds is 2. The number of carbonyl (C=O) groups is 1. The van der Waals surface area contributed by atoms with Crippen molar-refractivity contribution in [3.63, 3.8) is 0 Å². The monoisotopic (exact) mass is 353 g/mol. The smallest absolute Gasteiger partial charge is 0.187 e. The molecule has 0 saturated carbocycles. The Bertz CT molecular complexity index is 484. The van der Waals surface area contributed by atoms with Crippen LogP contribution in [0.3, 0.4) is 0 Å². The van der Waals surface area contributed by atoms with E-state index in [-0.39, 0.29) is 5.78 Å². The fourth-order valence-electron chi connectivity index (χ4n) is 2.85. The van der Waals surface area contributed by atoms with Crippen LogP contribution in [0.15, 0.2) is 36.0 Å². The molecule has 0 amide bonds. The van der Waals surface area contributed by atoms with Crippen molar-refractivity contribution in [2.24, 2.45) is 5.92 Å². The van der Waals surface area contributed by atoms with Crippen LogP contribution in [0.25, 0.3) is 0 Å². The number of fused-ring (bicyclic) bond motifs is 3. The quantitative estimate of drug-likeness (QED) is 0.461. The van der Waals surface area contributed by atoms with Crippen LogP contribution in [0.1, 0.15) is 29.6 Å². The van der Waals surface area contributed by atoms with Gasteiger partial charge < -0.3 is 4.90 Å². The van der Waals surface area contributed by atoms with Crippen LogP contribution in [0.2, 0.25) is 0 Å². The van der Waals surface area contributed by atoms with Crippen molar-refractivity contribution in [1.82, 2.24) is 4.90 Å². The maximum Gasteiger partial charge on any atom is 0.187 e. The highest BCUT2D eigenvalue weighted by Gasteiger charge is 2.28. The fraction of sp³-hybridized carbons (Fsp3) is 0.400. The molecule has 0 unspecified atom stereocenters. The van der Waals surface area contributed by atoms with Gasteiger partial charge in [0.1, 0.15) is 0 Å². The number of halogens is 1.